The van der Waals surface area contributed by atoms with E-state index in [1.165, 1.54) is 12.8 Å². The number of carbonyl (C=O) groups excluding carboxylic acids is 1. The van der Waals surface area contributed by atoms with E-state index in [1.54, 1.807) is 24.3 Å². The zero-order valence-corrected chi connectivity index (χ0v) is 14.7. The summed E-state index contributed by atoms with van der Waals surface area (Å²) in [5.41, 5.74) is 0. The molecule has 0 radical (unpaired) electrons. The van der Waals surface area contributed by atoms with E-state index < -0.39 is 24.1 Å². The maximum Gasteiger partial charge on any atom is 0.303 e. The normalized spacial score (nSPS) is 26.6. The minimum Gasteiger partial charge on any atom is -0.481 e. The largest absolute Gasteiger partial charge is 0.481 e. The molecule has 0 aromatic rings. The molecular weight excluding hydrogens is 320 g/mol. The van der Waals surface area contributed by atoms with Gasteiger partial charge in [0.1, 0.15) is 0 Å². The summed E-state index contributed by atoms with van der Waals surface area (Å²) in [6, 6.07) is 0. The first-order valence-corrected chi connectivity index (χ1v) is 9.47. The Balaban J connectivity index is 1.72. The number of unbranched alkanes of at least 4 members (excludes halogenated alkanes) is 2. The monoisotopic (exact) mass is 350 g/mol. The quantitative estimate of drug-likeness (QED) is 0.416. The molecule has 25 heavy (non-hydrogen) atoms. The van der Waals surface area contributed by atoms with E-state index in [2.05, 4.69) is 0 Å². The molecule has 3 N–H and O–H groups in total. The molecule has 0 aromatic heterocycles. The van der Waals surface area contributed by atoms with Crippen LogP contribution < -0.4 is 0 Å². The first-order chi connectivity index (χ1) is 12.0. The summed E-state index contributed by atoms with van der Waals surface area (Å²) in [5, 5.41) is 29.0. The van der Waals surface area contributed by atoms with Crippen molar-refractivity contribution in [1.82, 2.24) is 0 Å². The smallest absolute Gasteiger partial charge is 0.303 e. The lowest BCUT2D eigenvalue weighted by molar-refractivity contribution is -0.137. The highest BCUT2D eigenvalue weighted by Gasteiger charge is 2.32. The minimum atomic E-state index is -0.802. The van der Waals surface area contributed by atoms with Gasteiger partial charge in [0.05, 0.1) is 24.0 Å². The lowest BCUT2D eigenvalue weighted by Gasteiger charge is -2.17. The zero-order chi connectivity index (χ0) is 18.2. The number of hydrogen-bond acceptors (Lipinski definition) is 4. The first-order valence-electron chi connectivity index (χ1n) is 9.47. The van der Waals surface area contributed by atoms with Gasteiger partial charge in [-0.15, -0.1) is 0 Å². The molecule has 1 saturated carbocycles. The highest BCUT2D eigenvalue weighted by atomic mass is 16.4. The molecule has 0 aliphatic heterocycles. The average Bonchev–Trinajstić information content (AvgIpc) is 3.22. The van der Waals surface area contributed by atoms with Gasteiger partial charge in [-0.3, -0.25) is 9.59 Å². The van der Waals surface area contributed by atoms with Gasteiger partial charge in [0, 0.05) is 6.42 Å². The van der Waals surface area contributed by atoms with E-state index in [1.807, 2.05) is 0 Å². The molecule has 140 valence electrons. The highest BCUT2D eigenvalue weighted by molar-refractivity contribution is 5.91. The van der Waals surface area contributed by atoms with E-state index >= 15 is 0 Å². The number of aliphatic hydroxyl groups excluding tert-OH is 2. The summed E-state index contributed by atoms with van der Waals surface area (Å²) >= 11 is 0. The molecule has 0 spiro atoms. The van der Waals surface area contributed by atoms with Gasteiger partial charge in [-0.1, -0.05) is 50.0 Å². The maximum atomic E-state index is 12.4. The number of carboxylic acids is 1. The third-order valence-electron chi connectivity index (χ3n) is 5.39. The second kappa shape index (κ2) is 9.88. The maximum absolute atomic E-state index is 12.4. The van der Waals surface area contributed by atoms with Crippen LogP contribution in [0.1, 0.15) is 57.8 Å². The summed E-state index contributed by atoms with van der Waals surface area (Å²) in [6.07, 6.45) is 13.0. The van der Waals surface area contributed by atoms with Gasteiger partial charge in [0.2, 0.25) is 0 Å². The zero-order valence-electron chi connectivity index (χ0n) is 14.7. The van der Waals surface area contributed by atoms with E-state index in [4.69, 9.17) is 5.11 Å². The van der Waals surface area contributed by atoms with E-state index in [9.17, 15) is 19.8 Å². The van der Waals surface area contributed by atoms with Crippen molar-refractivity contribution in [3.63, 3.8) is 0 Å². The van der Waals surface area contributed by atoms with Crippen LogP contribution in [-0.4, -0.2) is 39.3 Å². The van der Waals surface area contributed by atoms with Gasteiger partial charge >= 0.3 is 5.97 Å². The van der Waals surface area contributed by atoms with Crippen LogP contribution in [0.3, 0.4) is 0 Å². The fourth-order valence-electron chi connectivity index (χ4n) is 3.80. The fourth-order valence-corrected chi connectivity index (χ4v) is 3.80. The number of carbonyl (C=O) groups is 2. The van der Waals surface area contributed by atoms with Gasteiger partial charge in [0.15, 0.2) is 5.78 Å². The number of aliphatic carboxylic acids is 1. The van der Waals surface area contributed by atoms with Crippen molar-refractivity contribution in [2.45, 2.75) is 70.0 Å². The Labute approximate surface area is 149 Å². The van der Waals surface area contributed by atoms with Crippen LogP contribution in [-0.2, 0) is 9.59 Å². The summed E-state index contributed by atoms with van der Waals surface area (Å²) in [4.78, 5) is 22.9. The Hall–Kier alpha value is -1.46. The second-order valence-corrected chi connectivity index (χ2v) is 7.32. The lowest BCUT2D eigenvalue weighted by atomic mass is 9.92. The van der Waals surface area contributed by atoms with Gasteiger partial charge in [-0.2, -0.15) is 0 Å². The van der Waals surface area contributed by atoms with E-state index in [0.29, 0.717) is 25.2 Å². The topological polar surface area (TPSA) is 94.8 Å². The Morgan fingerprint density at radius 1 is 1.16 bits per heavy atom. The van der Waals surface area contributed by atoms with Crippen molar-refractivity contribution < 1.29 is 24.9 Å². The summed E-state index contributed by atoms with van der Waals surface area (Å²) in [5.74, 6) is -1.36. The minimum absolute atomic E-state index is 0.0205. The van der Waals surface area contributed by atoms with Crippen LogP contribution in [0.25, 0.3) is 0 Å². The predicted octanol–water partition coefficient (Wildman–Crippen LogP) is 2.86. The van der Waals surface area contributed by atoms with Crippen LogP contribution in [0.4, 0.5) is 0 Å². The first kappa shape index (κ1) is 19.9. The average molecular weight is 350 g/mol. The Bertz CT molecular complexity index is 504. The highest BCUT2D eigenvalue weighted by Crippen LogP contribution is 2.30. The summed E-state index contributed by atoms with van der Waals surface area (Å²) in [7, 11) is 0. The van der Waals surface area contributed by atoms with Crippen molar-refractivity contribution in [3.05, 3.63) is 24.3 Å². The van der Waals surface area contributed by atoms with Gasteiger partial charge in [0.25, 0.3) is 0 Å². The molecule has 0 saturated heterocycles. The van der Waals surface area contributed by atoms with Crippen LogP contribution >= 0.6 is 0 Å². The summed E-state index contributed by atoms with van der Waals surface area (Å²) in [6.45, 7) is 0. The number of carboxylic acid groups (broad SMARTS) is 1. The lowest BCUT2D eigenvalue weighted by Crippen LogP contribution is -2.26. The molecule has 0 aromatic carbocycles. The van der Waals surface area contributed by atoms with E-state index in [-0.39, 0.29) is 18.1 Å². The standard InChI is InChI=1S/C20H30O5/c21-17(14-6-4-5-7-14)13-11-15-10-12-16(20(15)25)18(22)8-2-1-3-9-19(23)24/h10-18,21-22H,1-9H2,(H,23,24). The van der Waals surface area contributed by atoms with E-state index in [0.717, 1.165) is 19.3 Å². The number of hydrogen-bond donors (Lipinski definition) is 3. The van der Waals surface area contributed by atoms with Gasteiger partial charge < -0.3 is 15.3 Å². The molecule has 0 amide bonds. The Morgan fingerprint density at radius 3 is 2.56 bits per heavy atom. The van der Waals surface area contributed by atoms with Gasteiger partial charge in [-0.05, 0) is 31.6 Å². The molecule has 0 bridgehead atoms. The Kier molecular flexibility index (Phi) is 7.85. The predicted molar refractivity (Wildman–Crippen MR) is 95.0 cm³/mol. The molecule has 4 atom stereocenters. The third kappa shape index (κ3) is 6.08. The number of aliphatic hydroxyl groups is 2. The molecule has 2 rings (SSSR count). The SMILES string of the molecule is O=C(O)CCCCCC(O)C1C=CC(C=CC(O)C2CCCC2)C1=O. The molecule has 5 nitrogen and oxygen atoms in total. The van der Waals surface area contributed by atoms with Gasteiger partial charge in [-0.25, -0.2) is 0 Å². The second-order valence-electron chi connectivity index (χ2n) is 7.32. The van der Waals surface area contributed by atoms with Crippen molar-refractivity contribution in [2.24, 2.45) is 17.8 Å². The molecule has 2 aliphatic rings. The third-order valence-corrected chi connectivity index (χ3v) is 5.39. The van der Waals surface area contributed by atoms with Crippen molar-refractivity contribution in [3.8, 4) is 0 Å². The van der Waals surface area contributed by atoms with Crippen LogP contribution in [0.5, 0.6) is 0 Å². The molecule has 5 heteroatoms. The van der Waals surface area contributed by atoms with Crippen molar-refractivity contribution in [2.75, 3.05) is 0 Å². The fraction of sp³-hybridized carbons (Fsp3) is 0.700. The molecular formula is C20H30O5. The number of allylic oxidation sites excluding steroid dienone is 2. The van der Waals surface area contributed by atoms with Crippen LogP contribution in [0.15, 0.2) is 24.3 Å². The van der Waals surface area contributed by atoms with Crippen molar-refractivity contribution >= 4 is 11.8 Å². The number of Topliss-reactive ketones (excluding diaryl/α,β-unsaturated/α-hetero) is 1. The van der Waals surface area contributed by atoms with Crippen LogP contribution in [0, 0.1) is 17.8 Å². The molecule has 2 aliphatic carbocycles. The van der Waals surface area contributed by atoms with Crippen LogP contribution in [0.2, 0.25) is 0 Å². The summed E-state index contributed by atoms with van der Waals surface area (Å²) < 4.78 is 0. The number of rotatable bonds is 10. The molecule has 4 unspecified atom stereocenters. The Morgan fingerprint density at radius 2 is 1.88 bits per heavy atom. The molecule has 0 heterocycles. The molecule has 1 fully saturated rings. The number of ketones is 1. The van der Waals surface area contributed by atoms with Crippen molar-refractivity contribution in [1.29, 1.82) is 0 Å².